The Hall–Kier alpha value is -3.43. The Bertz CT molecular complexity index is 921. The standard InChI is InChI=1S/C19H17F3N4O3/c20-19(21,22)15-6-7-17(23-13-15)24-9-11-25(12-10-24)18(27)8-5-14-3-1-2-4-16(14)26(28)29/h1-8,13H,9-12H2/b8-5+. The van der Waals surface area contributed by atoms with E-state index in [1.807, 2.05) is 0 Å². The minimum absolute atomic E-state index is 0.0882. The molecule has 1 saturated heterocycles. The molecule has 1 fully saturated rings. The van der Waals surface area contributed by atoms with Crippen LogP contribution in [-0.4, -0.2) is 46.9 Å². The number of hydrogen-bond acceptors (Lipinski definition) is 5. The van der Waals surface area contributed by atoms with E-state index in [1.54, 1.807) is 28.0 Å². The van der Waals surface area contributed by atoms with Crippen LogP contribution in [-0.2, 0) is 11.0 Å². The van der Waals surface area contributed by atoms with Gasteiger partial charge in [-0.2, -0.15) is 13.2 Å². The average molecular weight is 406 g/mol. The number of nitro benzene ring substituents is 1. The van der Waals surface area contributed by atoms with E-state index in [2.05, 4.69) is 4.98 Å². The third-order valence-corrected chi connectivity index (χ3v) is 4.53. The zero-order valence-corrected chi connectivity index (χ0v) is 15.2. The van der Waals surface area contributed by atoms with Crippen LogP contribution in [0.2, 0.25) is 0 Å². The van der Waals surface area contributed by atoms with Crippen LogP contribution in [0.3, 0.4) is 0 Å². The third-order valence-electron chi connectivity index (χ3n) is 4.53. The van der Waals surface area contributed by atoms with Crippen molar-refractivity contribution in [3.63, 3.8) is 0 Å². The van der Waals surface area contributed by atoms with E-state index in [-0.39, 0.29) is 11.6 Å². The molecule has 10 heteroatoms. The van der Waals surface area contributed by atoms with Crippen molar-refractivity contribution >= 4 is 23.5 Å². The van der Waals surface area contributed by atoms with Crippen LogP contribution in [0.15, 0.2) is 48.7 Å². The summed E-state index contributed by atoms with van der Waals surface area (Å²) < 4.78 is 37.9. The number of amides is 1. The fourth-order valence-corrected chi connectivity index (χ4v) is 2.96. The van der Waals surface area contributed by atoms with E-state index in [0.29, 0.717) is 37.6 Å². The first-order chi connectivity index (χ1) is 13.8. The number of piperazine rings is 1. The van der Waals surface area contributed by atoms with Gasteiger partial charge in [0.15, 0.2) is 0 Å². The Labute approximate surface area is 164 Å². The lowest BCUT2D eigenvalue weighted by atomic mass is 10.1. The Kier molecular flexibility index (Phi) is 5.81. The maximum Gasteiger partial charge on any atom is 0.417 e. The molecule has 7 nitrogen and oxygen atoms in total. The summed E-state index contributed by atoms with van der Waals surface area (Å²) in [6.07, 6.45) is -0.947. The Balaban J connectivity index is 1.59. The van der Waals surface area contributed by atoms with Crippen molar-refractivity contribution in [2.24, 2.45) is 0 Å². The van der Waals surface area contributed by atoms with Gasteiger partial charge in [0, 0.05) is 44.5 Å². The minimum atomic E-state index is -4.43. The number of hydrogen-bond donors (Lipinski definition) is 0. The largest absolute Gasteiger partial charge is 0.417 e. The molecule has 1 aromatic heterocycles. The molecular weight excluding hydrogens is 389 g/mol. The van der Waals surface area contributed by atoms with Crippen LogP contribution in [0.1, 0.15) is 11.1 Å². The highest BCUT2D eigenvalue weighted by Crippen LogP contribution is 2.29. The van der Waals surface area contributed by atoms with Gasteiger partial charge in [-0.3, -0.25) is 14.9 Å². The maximum atomic E-state index is 12.6. The Morgan fingerprint density at radius 2 is 1.79 bits per heavy atom. The summed E-state index contributed by atoms with van der Waals surface area (Å²) in [5.74, 6) is 0.128. The summed E-state index contributed by atoms with van der Waals surface area (Å²) in [5, 5.41) is 11.0. The minimum Gasteiger partial charge on any atom is -0.353 e. The number of para-hydroxylation sites is 1. The number of nitro groups is 1. The molecule has 152 valence electrons. The van der Waals surface area contributed by atoms with Gasteiger partial charge >= 0.3 is 6.18 Å². The summed E-state index contributed by atoms with van der Waals surface area (Å²) in [5.41, 5.74) is -0.566. The predicted octanol–water partition coefficient (Wildman–Crippen LogP) is 3.37. The quantitative estimate of drug-likeness (QED) is 0.442. The van der Waals surface area contributed by atoms with Crippen LogP contribution < -0.4 is 4.90 Å². The summed E-state index contributed by atoms with van der Waals surface area (Å²) in [6.45, 7) is 1.57. The number of rotatable bonds is 4. The van der Waals surface area contributed by atoms with E-state index >= 15 is 0 Å². The van der Waals surface area contributed by atoms with E-state index in [0.717, 1.165) is 12.3 Å². The summed E-state index contributed by atoms with van der Waals surface area (Å²) in [6, 6.07) is 8.40. The molecule has 29 heavy (non-hydrogen) atoms. The van der Waals surface area contributed by atoms with Gasteiger partial charge in [-0.1, -0.05) is 12.1 Å². The number of halogens is 3. The van der Waals surface area contributed by atoms with E-state index in [1.165, 1.54) is 24.3 Å². The lowest BCUT2D eigenvalue weighted by Crippen LogP contribution is -2.48. The van der Waals surface area contributed by atoms with Gasteiger partial charge in [-0.25, -0.2) is 4.98 Å². The number of carbonyl (C=O) groups is 1. The van der Waals surface area contributed by atoms with Crippen LogP contribution in [0.5, 0.6) is 0 Å². The molecule has 0 saturated carbocycles. The molecule has 1 aromatic carbocycles. The maximum absolute atomic E-state index is 12.6. The van der Waals surface area contributed by atoms with Gasteiger partial charge in [0.1, 0.15) is 5.82 Å². The first-order valence-electron chi connectivity index (χ1n) is 8.74. The second-order valence-electron chi connectivity index (χ2n) is 6.36. The molecule has 2 aromatic rings. The lowest BCUT2D eigenvalue weighted by molar-refractivity contribution is -0.385. The second-order valence-corrected chi connectivity index (χ2v) is 6.36. The molecule has 0 atom stereocenters. The summed E-state index contributed by atoms with van der Waals surface area (Å²) >= 11 is 0. The normalized spacial score (nSPS) is 15.0. The first-order valence-corrected chi connectivity index (χ1v) is 8.74. The molecule has 1 amide bonds. The van der Waals surface area contributed by atoms with Crippen molar-refractivity contribution in [3.8, 4) is 0 Å². The second kappa shape index (κ2) is 8.29. The van der Waals surface area contributed by atoms with Crippen molar-refractivity contribution < 1.29 is 22.9 Å². The smallest absolute Gasteiger partial charge is 0.353 e. The molecule has 2 heterocycles. The Morgan fingerprint density at radius 3 is 2.38 bits per heavy atom. The van der Waals surface area contributed by atoms with Gasteiger partial charge < -0.3 is 9.80 Å². The highest BCUT2D eigenvalue weighted by atomic mass is 19.4. The highest BCUT2D eigenvalue weighted by molar-refractivity contribution is 5.92. The number of pyridine rings is 1. The Morgan fingerprint density at radius 1 is 1.10 bits per heavy atom. The number of benzene rings is 1. The predicted molar refractivity (Wildman–Crippen MR) is 100 cm³/mol. The van der Waals surface area contributed by atoms with Crippen molar-refractivity contribution in [3.05, 3.63) is 69.9 Å². The van der Waals surface area contributed by atoms with Crippen molar-refractivity contribution in [1.82, 2.24) is 9.88 Å². The fraction of sp³-hybridized carbons (Fsp3) is 0.263. The van der Waals surface area contributed by atoms with Gasteiger partial charge in [0.05, 0.1) is 16.1 Å². The SMILES string of the molecule is O=C(/C=C/c1ccccc1[N+](=O)[O-])N1CCN(c2ccc(C(F)(F)F)cn2)CC1. The zero-order valence-electron chi connectivity index (χ0n) is 15.2. The molecular formula is C19H17F3N4O3. The molecule has 0 N–H and O–H groups in total. The van der Waals surface area contributed by atoms with E-state index < -0.39 is 16.7 Å². The topological polar surface area (TPSA) is 79.6 Å². The number of anilines is 1. The summed E-state index contributed by atoms with van der Waals surface area (Å²) in [7, 11) is 0. The molecule has 0 bridgehead atoms. The number of alkyl halides is 3. The van der Waals surface area contributed by atoms with Crippen LogP contribution >= 0.6 is 0 Å². The fourth-order valence-electron chi connectivity index (χ4n) is 2.96. The van der Waals surface area contributed by atoms with E-state index in [4.69, 9.17) is 0 Å². The van der Waals surface area contributed by atoms with Crippen molar-refractivity contribution in [2.45, 2.75) is 6.18 Å². The highest BCUT2D eigenvalue weighted by Gasteiger charge is 2.31. The molecule has 0 spiro atoms. The number of aromatic nitrogens is 1. The third kappa shape index (κ3) is 4.89. The van der Waals surface area contributed by atoms with Crippen LogP contribution in [0, 0.1) is 10.1 Å². The monoisotopic (exact) mass is 406 g/mol. The first kappa shape index (κ1) is 20.3. The lowest BCUT2D eigenvalue weighted by Gasteiger charge is -2.35. The van der Waals surface area contributed by atoms with Crippen LogP contribution in [0.25, 0.3) is 6.08 Å². The number of nitrogens with zero attached hydrogens (tertiary/aromatic N) is 4. The molecule has 1 aliphatic heterocycles. The van der Waals surface area contributed by atoms with Gasteiger partial charge in [-0.15, -0.1) is 0 Å². The number of carbonyl (C=O) groups excluding carboxylic acids is 1. The molecule has 0 aliphatic carbocycles. The summed E-state index contributed by atoms with van der Waals surface area (Å²) in [4.78, 5) is 30.1. The molecule has 0 unspecified atom stereocenters. The van der Waals surface area contributed by atoms with Crippen molar-refractivity contribution in [2.75, 3.05) is 31.1 Å². The van der Waals surface area contributed by atoms with E-state index in [9.17, 15) is 28.1 Å². The molecule has 1 aliphatic rings. The molecule has 0 radical (unpaired) electrons. The van der Waals surface area contributed by atoms with Gasteiger partial charge in [0.2, 0.25) is 5.91 Å². The van der Waals surface area contributed by atoms with Gasteiger partial charge in [0.25, 0.3) is 5.69 Å². The van der Waals surface area contributed by atoms with Crippen molar-refractivity contribution in [1.29, 1.82) is 0 Å². The van der Waals surface area contributed by atoms with Gasteiger partial charge in [-0.05, 0) is 24.3 Å². The zero-order chi connectivity index (χ0) is 21.0. The van der Waals surface area contributed by atoms with Crippen LogP contribution in [0.4, 0.5) is 24.7 Å². The molecule has 3 rings (SSSR count). The average Bonchev–Trinajstić information content (AvgIpc) is 2.71.